The highest BCUT2D eigenvalue weighted by atomic mass is 16.5. The zero-order valence-corrected chi connectivity index (χ0v) is 22.7. The number of phenols is 1. The fourth-order valence-electron chi connectivity index (χ4n) is 5.67. The van der Waals surface area contributed by atoms with E-state index in [9.17, 15) is 5.11 Å². The molecule has 0 saturated carbocycles. The number of morpholine rings is 1. The minimum atomic E-state index is 0.359. The van der Waals surface area contributed by atoms with Gasteiger partial charge >= 0.3 is 0 Å². The fraction of sp³-hybridized carbons (Fsp3) is 0.438. The summed E-state index contributed by atoms with van der Waals surface area (Å²) in [6.45, 7) is 9.16. The van der Waals surface area contributed by atoms with E-state index in [1.165, 1.54) is 27.9 Å². The standard InChI is InChI=1S/C32H40N2O4/c1-3-34(23-24-4-10-29(11-5-24)38-19-16-33-14-17-37-18-15-33)32-22-30(36-2)12-13-31(32)27-7-6-26-21-28(35)9-8-25(26)20-27/h4-5,8-13,21-22,27,35H,3,6-7,14-20,23H2,1-2H3. The van der Waals surface area contributed by atoms with E-state index in [0.29, 0.717) is 18.3 Å². The van der Waals surface area contributed by atoms with Crippen molar-refractivity contribution in [2.24, 2.45) is 0 Å². The van der Waals surface area contributed by atoms with Gasteiger partial charge in [-0.15, -0.1) is 0 Å². The Balaban J connectivity index is 1.27. The molecular formula is C32H40N2O4. The van der Waals surface area contributed by atoms with E-state index < -0.39 is 0 Å². The highest BCUT2D eigenvalue weighted by Gasteiger charge is 2.24. The van der Waals surface area contributed by atoms with Gasteiger partial charge in [0.05, 0.1) is 20.3 Å². The Labute approximate surface area is 226 Å². The van der Waals surface area contributed by atoms with Crippen LogP contribution in [0.2, 0.25) is 0 Å². The van der Waals surface area contributed by atoms with Gasteiger partial charge in [-0.3, -0.25) is 4.90 Å². The second-order valence-corrected chi connectivity index (χ2v) is 10.3. The first-order valence-corrected chi connectivity index (χ1v) is 13.9. The van der Waals surface area contributed by atoms with Crippen LogP contribution in [0.3, 0.4) is 0 Å². The number of rotatable bonds is 10. The van der Waals surface area contributed by atoms with E-state index in [4.69, 9.17) is 14.2 Å². The molecule has 0 amide bonds. The number of aromatic hydroxyl groups is 1. The Bertz CT molecular complexity index is 1190. The molecule has 1 atom stereocenters. The van der Waals surface area contributed by atoms with Crippen molar-refractivity contribution in [1.82, 2.24) is 4.90 Å². The van der Waals surface area contributed by atoms with Crippen molar-refractivity contribution in [3.05, 3.63) is 82.9 Å². The number of methoxy groups -OCH3 is 1. The summed E-state index contributed by atoms with van der Waals surface area (Å²) in [6, 6.07) is 20.9. The maximum Gasteiger partial charge on any atom is 0.120 e. The molecular weight excluding hydrogens is 476 g/mol. The Morgan fingerprint density at radius 1 is 0.974 bits per heavy atom. The molecule has 6 heteroatoms. The van der Waals surface area contributed by atoms with Gasteiger partial charge in [-0.2, -0.15) is 0 Å². The number of phenolic OH excluding ortho intramolecular Hbond substituents is 1. The van der Waals surface area contributed by atoms with Crippen molar-refractivity contribution in [2.45, 2.75) is 38.6 Å². The molecule has 1 aliphatic carbocycles. The average Bonchev–Trinajstić information content (AvgIpc) is 2.96. The van der Waals surface area contributed by atoms with Crippen LogP contribution in [0, 0.1) is 0 Å². The summed E-state index contributed by atoms with van der Waals surface area (Å²) >= 11 is 0. The first-order valence-electron chi connectivity index (χ1n) is 13.9. The number of fused-ring (bicyclic) bond motifs is 1. The van der Waals surface area contributed by atoms with Crippen LogP contribution >= 0.6 is 0 Å². The Morgan fingerprint density at radius 3 is 2.53 bits per heavy atom. The summed E-state index contributed by atoms with van der Waals surface area (Å²) in [5.74, 6) is 2.59. The molecule has 1 saturated heterocycles. The maximum absolute atomic E-state index is 9.90. The highest BCUT2D eigenvalue weighted by molar-refractivity contribution is 5.60. The third kappa shape index (κ3) is 6.43. The van der Waals surface area contributed by atoms with Gasteiger partial charge in [0.2, 0.25) is 0 Å². The smallest absolute Gasteiger partial charge is 0.120 e. The van der Waals surface area contributed by atoms with E-state index in [0.717, 1.165) is 76.7 Å². The Hall–Kier alpha value is -3.22. The van der Waals surface area contributed by atoms with Crippen LogP contribution < -0.4 is 14.4 Å². The largest absolute Gasteiger partial charge is 0.508 e. The van der Waals surface area contributed by atoms with Crippen LogP contribution in [0.4, 0.5) is 5.69 Å². The molecule has 1 N–H and O–H groups in total. The highest BCUT2D eigenvalue weighted by Crippen LogP contribution is 2.40. The van der Waals surface area contributed by atoms with Crippen LogP contribution in [0.5, 0.6) is 17.2 Å². The molecule has 3 aromatic rings. The van der Waals surface area contributed by atoms with Crippen LogP contribution in [0.1, 0.15) is 41.5 Å². The minimum Gasteiger partial charge on any atom is -0.508 e. The molecule has 0 aromatic heterocycles. The number of hydrogen-bond donors (Lipinski definition) is 1. The quantitative estimate of drug-likeness (QED) is 0.389. The topological polar surface area (TPSA) is 54.4 Å². The van der Waals surface area contributed by atoms with E-state index in [1.54, 1.807) is 7.11 Å². The predicted octanol–water partition coefficient (Wildman–Crippen LogP) is 5.41. The molecule has 3 aromatic carbocycles. The predicted molar refractivity (Wildman–Crippen MR) is 152 cm³/mol. The van der Waals surface area contributed by atoms with Gasteiger partial charge in [0.15, 0.2) is 0 Å². The number of hydrogen-bond acceptors (Lipinski definition) is 6. The summed E-state index contributed by atoms with van der Waals surface area (Å²) in [6.07, 6.45) is 3.05. The van der Waals surface area contributed by atoms with Crippen LogP contribution in [0.15, 0.2) is 60.7 Å². The molecule has 38 heavy (non-hydrogen) atoms. The molecule has 0 spiro atoms. The molecule has 1 heterocycles. The van der Waals surface area contributed by atoms with Crippen molar-refractivity contribution in [3.8, 4) is 17.2 Å². The van der Waals surface area contributed by atoms with Gasteiger partial charge in [-0.05, 0) is 84.7 Å². The van der Waals surface area contributed by atoms with Crippen molar-refractivity contribution >= 4 is 5.69 Å². The van der Waals surface area contributed by atoms with Crippen LogP contribution in [-0.4, -0.2) is 63.1 Å². The zero-order valence-electron chi connectivity index (χ0n) is 22.7. The number of ether oxygens (including phenoxy) is 3. The Kier molecular flexibility index (Phi) is 8.72. The Morgan fingerprint density at radius 2 is 1.76 bits per heavy atom. The van der Waals surface area contributed by atoms with Gasteiger partial charge in [-0.1, -0.05) is 24.3 Å². The molecule has 1 unspecified atom stereocenters. The molecule has 202 valence electrons. The normalized spacial score (nSPS) is 17.6. The average molecular weight is 517 g/mol. The fourth-order valence-corrected chi connectivity index (χ4v) is 5.67. The lowest BCUT2D eigenvalue weighted by Gasteiger charge is -2.32. The molecule has 2 aliphatic rings. The van der Waals surface area contributed by atoms with E-state index in [-0.39, 0.29) is 0 Å². The van der Waals surface area contributed by atoms with Gasteiger partial charge in [0.1, 0.15) is 23.9 Å². The number of nitrogens with zero attached hydrogens (tertiary/aromatic N) is 2. The van der Waals surface area contributed by atoms with Crippen LogP contribution in [0.25, 0.3) is 0 Å². The summed E-state index contributed by atoms with van der Waals surface area (Å²) in [4.78, 5) is 4.83. The second kappa shape index (κ2) is 12.5. The third-order valence-corrected chi connectivity index (χ3v) is 7.89. The molecule has 0 bridgehead atoms. The van der Waals surface area contributed by atoms with Gasteiger partial charge < -0.3 is 24.2 Å². The van der Waals surface area contributed by atoms with Crippen molar-refractivity contribution in [3.63, 3.8) is 0 Å². The van der Waals surface area contributed by atoms with Crippen molar-refractivity contribution < 1.29 is 19.3 Å². The minimum absolute atomic E-state index is 0.359. The van der Waals surface area contributed by atoms with Crippen molar-refractivity contribution in [2.75, 3.05) is 58.0 Å². The second-order valence-electron chi connectivity index (χ2n) is 10.3. The van der Waals surface area contributed by atoms with Gasteiger partial charge in [0, 0.05) is 44.5 Å². The van der Waals surface area contributed by atoms with E-state index >= 15 is 0 Å². The number of aryl methyl sites for hydroxylation is 1. The number of benzene rings is 3. The lowest BCUT2D eigenvalue weighted by atomic mass is 9.79. The molecule has 1 aliphatic heterocycles. The lowest BCUT2D eigenvalue weighted by molar-refractivity contribution is 0.0322. The van der Waals surface area contributed by atoms with E-state index in [1.807, 2.05) is 12.1 Å². The summed E-state index contributed by atoms with van der Waals surface area (Å²) in [7, 11) is 1.73. The summed E-state index contributed by atoms with van der Waals surface area (Å²) < 4.78 is 17.1. The van der Waals surface area contributed by atoms with Crippen LogP contribution in [-0.2, 0) is 24.1 Å². The molecule has 0 radical (unpaired) electrons. The first-order chi connectivity index (χ1) is 18.6. The van der Waals surface area contributed by atoms with Crippen molar-refractivity contribution in [1.29, 1.82) is 0 Å². The molecule has 6 nitrogen and oxygen atoms in total. The maximum atomic E-state index is 9.90. The third-order valence-electron chi connectivity index (χ3n) is 7.89. The van der Waals surface area contributed by atoms with E-state index in [2.05, 4.69) is 65.3 Å². The number of anilines is 1. The summed E-state index contributed by atoms with van der Waals surface area (Å²) in [5, 5.41) is 9.90. The molecule has 1 fully saturated rings. The SMILES string of the molecule is CCN(Cc1ccc(OCCN2CCOCC2)cc1)c1cc(OC)ccc1C1CCc2cc(O)ccc2C1. The first kappa shape index (κ1) is 26.4. The van der Waals surface area contributed by atoms with Gasteiger partial charge in [-0.25, -0.2) is 0 Å². The monoisotopic (exact) mass is 516 g/mol. The van der Waals surface area contributed by atoms with Gasteiger partial charge in [0.25, 0.3) is 0 Å². The zero-order chi connectivity index (χ0) is 26.3. The summed E-state index contributed by atoms with van der Waals surface area (Å²) in [5.41, 5.74) is 6.48. The lowest BCUT2D eigenvalue weighted by Crippen LogP contribution is -2.38. The molecule has 5 rings (SSSR count).